The van der Waals surface area contributed by atoms with Gasteiger partial charge in [-0.15, -0.1) is 10.2 Å². The molecule has 3 aromatic heterocycles. The minimum absolute atomic E-state index is 0.866. The highest BCUT2D eigenvalue weighted by atomic mass is 15.5. The molecule has 0 atom stereocenters. The summed E-state index contributed by atoms with van der Waals surface area (Å²) < 4.78 is 0. The van der Waals surface area contributed by atoms with Gasteiger partial charge in [0.1, 0.15) is 11.0 Å². The molecule has 192 valence electrons. The Balaban J connectivity index is 1.20. The van der Waals surface area contributed by atoms with Crippen LogP contribution in [0.3, 0.4) is 0 Å². The second kappa shape index (κ2) is 9.50. The molecule has 5 nitrogen and oxygen atoms in total. The van der Waals surface area contributed by atoms with Gasteiger partial charge in [-0.2, -0.15) is 4.80 Å². The van der Waals surface area contributed by atoms with Crippen molar-refractivity contribution >= 4 is 32.8 Å². The number of hydrogen-bond donors (Lipinski definition) is 0. The standard InChI is InChI=1S/C36H23N5/c1-2-7-24(8-3-1)25-13-15-26(16-14-25)31-21-19-27-17-18-28-20-22-32(38-36(28)35(27)37-31)29-9-6-10-30(23-29)41-39-33-11-4-5-12-34(33)40-41/h1-23H. The van der Waals surface area contributed by atoms with E-state index >= 15 is 0 Å². The first-order chi connectivity index (χ1) is 20.3. The molecule has 5 aromatic carbocycles. The zero-order valence-corrected chi connectivity index (χ0v) is 22.0. The van der Waals surface area contributed by atoms with Crippen molar-refractivity contribution < 1.29 is 0 Å². The van der Waals surface area contributed by atoms with Crippen LogP contribution in [0.1, 0.15) is 0 Å². The van der Waals surface area contributed by atoms with E-state index in [1.54, 1.807) is 4.80 Å². The van der Waals surface area contributed by atoms with E-state index < -0.39 is 0 Å². The Hall–Kier alpha value is -5.68. The van der Waals surface area contributed by atoms with Crippen LogP contribution >= 0.6 is 0 Å². The van der Waals surface area contributed by atoms with Crippen LogP contribution in [0.15, 0.2) is 140 Å². The fraction of sp³-hybridized carbons (Fsp3) is 0. The molecule has 0 aliphatic rings. The minimum atomic E-state index is 0.866. The lowest BCUT2D eigenvalue weighted by atomic mass is 10.0. The Morgan fingerprint density at radius 3 is 1.56 bits per heavy atom. The van der Waals surface area contributed by atoms with E-state index in [-0.39, 0.29) is 0 Å². The van der Waals surface area contributed by atoms with Crippen molar-refractivity contribution in [2.24, 2.45) is 0 Å². The Morgan fingerprint density at radius 1 is 0.390 bits per heavy atom. The molecule has 0 unspecified atom stereocenters. The molecule has 0 amide bonds. The first-order valence-corrected chi connectivity index (χ1v) is 13.6. The van der Waals surface area contributed by atoms with E-state index in [2.05, 4.69) is 107 Å². The summed E-state index contributed by atoms with van der Waals surface area (Å²) in [7, 11) is 0. The van der Waals surface area contributed by atoms with Gasteiger partial charge >= 0.3 is 0 Å². The highest BCUT2D eigenvalue weighted by molar-refractivity contribution is 6.04. The molecule has 0 spiro atoms. The molecule has 0 aliphatic carbocycles. The van der Waals surface area contributed by atoms with Gasteiger partial charge in [0, 0.05) is 21.9 Å². The maximum atomic E-state index is 5.13. The predicted molar refractivity (Wildman–Crippen MR) is 166 cm³/mol. The summed E-state index contributed by atoms with van der Waals surface area (Å²) in [4.78, 5) is 11.9. The molecule has 0 saturated carbocycles. The monoisotopic (exact) mass is 525 g/mol. The number of aromatic nitrogens is 5. The van der Waals surface area contributed by atoms with Crippen LogP contribution in [0, 0.1) is 0 Å². The van der Waals surface area contributed by atoms with Crippen molar-refractivity contribution in [3.8, 4) is 39.3 Å². The lowest BCUT2D eigenvalue weighted by molar-refractivity contribution is 0.766. The van der Waals surface area contributed by atoms with Gasteiger partial charge in [-0.3, -0.25) is 0 Å². The Bertz CT molecular complexity index is 2170. The van der Waals surface area contributed by atoms with Crippen molar-refractivity contribution in [3.63, 3.8) is 0 Å². The lowest BCUT2D eigenvalue weighted by Crippen LogP contribution is -1.99. The normalized spacial score (nSPS) is 11.4. The molecule has 0 bridgehead atoms. The summed E-state index contributed by atoms with van der Waals surface area (Å²) in [5.41, 5.74) is 10.7. The van der Waals surface area contributed by atoms with Crippen LogP contribution in [0.4, 0.5) is 0 Å². The number of nitrogens with zero attached hydrogens (tertiary/aromatic N) is 5. The maximum absolute atomic E-state index is 5.13. The van der Waals surface area contributed by atoms with E-state index in [0.717, 1.165) is 61.0 Å². The zero-order valence-electron chi connectivity index (χ0n) is 22.0. The second-order valence-corrected chi connectivity index (χ2v) is 10.1. The Morgan fingerprint density at radius 2 is 0.902 bits per heavy atom. The molecule has 0 N–H and O–H groups in total. The summed E-state index contributed by atoms with van der Waals surface area (Å²) in [6, 6.07) is 47.7. The molecule has 0 saturated heterocycles. The fourth-order valence-electron chi connectivity index (χ4n) is 5.32. The molecule has 0 aliphatic heterocycles. The van der Waals surface area contributed by atoms with Gasteiger partial charge in [0.2, 0.25) is 0 Å². The van der Waals surface area contributed by atoms with Crippen molar-refractivity contribution in [1.29, 1.82) is 0 Å². The summed E-state index contributed by atoms with van der Waals surface area (Å²) >= 11 is 0. The van der Waals surface area contributed by atoms with Crippen LogP contribution in [0.25, 0.3) is 72.2 Å². The molecule has 5 heteroatoms. The third-order valence-electron chi connectivity index (χ3n) is 7.47. The van der Waals surface area contributed by atoms with Crippen LogP contribution in [-0.4, -0.2) is 25.0 Å². The summed E-state index contributed by atoms with van der Waals surface area (Å²) in [5, 5.41) is 11.4. The smallest absolute Gasteiger partial charge is 0.113 e. The molecular weight excluding hydrogens is 502 g/mol. The first kappa shape index (κ1) is 23.2. The van der Waals surface area contributed by atoms with Crippen LogP contribution < -0.4 is 0 Å². The SMILES string of the molecule is c1ccc(-c2ccc(-c3ccc4ccc5ccc(-c6cccc(-n7nc8ccccc8n7)c6)nc5c4n3)cc2)cc1. The zero-order chi connectivity index (χ0) is 27.2. The van der Waals surface area contributed by atoms with Gasteiger partial charge in [0.25, 0.3) is 0 Å². The molecular formula is C36H23N5. The number of benzene rings is 5. The quantitative estimate of drug-likeness (QED) is 0.216. The topological polar surface area (TPSA) is 56.5 Å². The summed E-state index contributed by atoms with van der Waals surface area (Å²) in [6.07, 6.45) is 0. The first-order valence-electron chi connectivity index (χ1n) is 13.6. The average molecular weight is 526 g/mol. The van der Waals surface area contributed by atoms with Gasteiger partial charge in [-0.05, 0) is 47.5 Å². The van der Waals surface area contributed by atoms with Crippen molar-refractivity contribution in [1.82, 2.24) is 25.0 Å². The Labute approximate surface area is 236 Å². The Kier molecular flexibility index (Phi) is 5.38. The molecule has 0 radical (unpaired) electrons. The van der Waals surface area contributed by atoms with Crippen molar-refractivity contribution in [2.45, 2.75) is 0 Å². The molecule has 3 heterocycles. The van der Waals surface area contributed by atoms with E-state index in [1.165, 1.54) is 11.1 Å². The van der Waals surface area contributed by atoms with Gasteiger partial charge in [0.05, 0.1) is 28.1 Å². The van der Waals surface area contributed by atoms with Gasteiger partial charge in [-0.1, -0.05) is 103 Å². The second-order valence-electron chi connectivity index (χ2n) is 10.1. The highest BCUT2D eigenvalue weighted by Crippen LogP contribution is 2.30. The van der Waals surface area contributed by atoms with Gasteiger partial charge in [0.15, 0.2) is 0 Å². The molecule has 8 rings (SSSR count). The number of hydrogen-bond acceptors (Lipinski definition) is 4. The summed E-state index contributed by atoms with van der Waals surface area (Å²) in [6.45, 7) is 0. The van der Waals surface area contributed by atoms with Crippen LogP contribution in [-0.2, 0) is 0 Å². The van der Waals surface area contributed by atoms with E-state index in [9.17, 15) is 0 Å². The van der Waals surface area contributed by atoms with E-state index in [4.69, 9.17) is 9.97 Å². The minimum Gasteiger partial charge on any atom is -0.245 e. The fourth-order valence-corrected chi connectivity index (χ4v) is 5.32. The van der Waals surface area contributed by atoms with Gasteiger partial charge in [-0.25, -0.2) is 9.97 Å². The predicted octanol–water partition coefficient (Wildman–Crippen LogP) is 8.52. The lowest BCUT2D eigenvalue weighted by Gasteiger charge is -2.09. The average Bonchev–Trinajstić information content (AvgIpc) is 3.49. The van der Waals surface area contributed by atoms with Crippen LogP contribution in [0.2, 0.25) is 0 Å². The van der Waals surface area contributed by atoms with E-state index in [1.807, 2.05) is 42.5 Å². The van der Waals surface area contributed by atoms with Crippen LogP contribution in [0.5, 0.6) is 0 Å². The number of rotatable bonds is 4. The largest absolute Gasteiger partial charge is 0.245 e. The third-order valence-corrected chi connectivity index (χ3v) is 7.47. The highest BCUT2D eigenvalue weighted by Gasteiger charge is 2.11. The van der Waals surface area contributed by atoms with E-state index in [0.29, 0.717) is 0 Å². The third kappa shape index (κ3) is 4.21. The number of fused-ring (bicyclic) bond motifs is 4. The maximum Gasteiger partial charge on any atom is 0.113 e. The number of pyridine rings is 2. The molecule has 8 aromatic rings. The van der Waals surface area contributed by atoms with Gasteiger partial charge < -0.3 is 0 Å². The molecule has 41 heavy (non-hydrogen) atoms. The summed E-state index contributed by atoms with van der Waals surface area (Å²) in [5.74, 6) is 0. The molecule has 0 fully saturated rings. The van der Waals surface area contributed by atoms with Crippen molar-refractivity contribution in [3.05, 3.63) is 140 Å². The van der Waals surface area contributed by atoms with Crippen molar-refractivity contribution in [2.75, 3.05) is 0 Å².